The van der Waals surface area contributed by atoms with Crippen LogP contribution in [0.15, 0.2) is 41.9 Å². The van der Waals surface area contributed by atoms with Crippen LogP contribution in [0.5, 0.6) is 0 Å². The van der Waals surface area contributed by atoms with Gasteiger partial charge < -0.3 is 4.57 Å². The van der Waals surface area contributed by atoms with E-state index in [-0.39, 0.29) is 11.7 Å². The number of amides is 1. The van der Waals surface area contributed by atoms with Gasteiger partial charge in [0.2, 0.25) is 0 Å². The van der Waals surface area contributed by atoms with Crippen LogP contribution in [-0.2, 0) is 11.8 Å². The number of Topliss-reactive ketones (excluding diaryl/α,β-unsaturated/α-hetero) is 1. The van der Waals surface area contributed by atoms with Crippen molar-refractivity contribution in [3.63, 3.8) is 0 Å². The SMILES string of the molecule is CN1N=C(c2ccncc2)[C@H](C(=O)c2cc(Cl)cn2C)C1=O. The van der Waals surface area contributed by atoms with Gasteiger partial charge in [-0.25, -0.2) is 5.01 Å². The molecule has 6 nitrogen and oxygen atoms in total. The number of aryl methyl sites for hydroxylation is 1. The van der Waals surface area contributed by atoms with Gasteiger partial charge in [0.05, 0.1) is 16.4 Å². The number of hydrogen-bond donors (Lipinski definition) is 0. The van der Waals surface area contributed by atoms with Gasteiger partial charge in [-0.2, -0.15) is 5.10 Å². The number of hydrogen-bond acceptors (Lipinski definition) is 4. The molecule has 0 saturated heterocycles. The lowest BCUT2D eigenvalue weighted by Crippen LogP contribution is -2.33. The fraction of sp³-hybridized carbons (Fsp3) is 0.200. The highest BCUT2D eigenvalue weighted by atomic mass is 35.5. The first kappa shape index (κ1) is 14.5. The van der Waals surface area contributed by atoms with Gasteiger partial charge in [-0.3, -0.25) is 14.6 Å². The molecule has 0 fully saturated rings. The number of hydrazone groups is 1. The summed E-state index contributed by atoms with van der Waals surface area (Å²) in [6.45, 7) is 0. The Morgan fingerprint density at radius 1 is 1.27 bits per heavy atom. The van der Waals surface area contributed by atoms with Crippen molar-refractivity contribution in [2.24, 2.45) is 18.1 Å². The van der Waals surface area contributed by atoms with Crippen LogP contribution < -0.4 is 0 Å². The minimum absolute atomic E-state index is 0.320. The Kier molecular flexibility index (Phi) is 3.54. The molecule has 1 aliphatic heterocycles. The Morgan fingerprint density at radius 3 is 2.55 bits per heavy atom. The second kappa shape index (κ2) is 5.38. The van der Waals surface area contributed by atoms with Crippen molar-refractivity contribution in [1.82, 2.24) is 14.6 Å². The third-order valence-corrected chi connectivity index (χ3v) is 3.77. The monoisotopic (exact) mass is 316 g/mol. The summed E-state index contributed by atoms with van der Waals surface area (Å²) in [6, 6.07) is 5.01. The predicted molar refractivity (Wildman–Crippen MR) is 81.8 cm³/mol. The van der Waals surface area contributed by atoms with Crippen LogP contribution in [-0.4, -0.2) is 39.0 Å². The molecule has 0 radical (unpaired) electrons. The summed E-state index contributed by atoms with van der Waals surface area (Å²) in [5.41, 5.74) is 1.50. The highest BCUT2D eigenvalue weighted by Crippen LogP contribution is 2.25. The van der Waals surface area contributed by atoms with Crippen LogP contribution in [0.4, 0.5) is 0 Å². The first-order valence-corrected chi connectivity index (χ1v) is 6.99. The van der Waals surface area contributed by atoms with E-state index in [1.807, 2.05) is 0 Å². The zero-order chi connectivity index (χ0) is 15.9. The number of ketones is 1. The lowest BCUT2D eigenvalue weighted by Gasteiger charge is -2.11. The molecule has 0 aliphatic carbocycles. The van der Waals surface area contributed by atoms with Gasteiger partial charge in [-0.15, -0.1) is 0 Å². The molecule has 7 heteroatoms. The van der Waals surface area contributed by atoms with Crippen molar-refractivity contribution in [3.05, 3.63) is 53.1 Å². The van der Waals surface area contributed by atoms with E-state index in [9.17, 15) is 9.59 Å². The highest BCUT2D eigenvalue weighted by Gasteiger charge is 2.41. The lowest BCUT2D eigenvalue weighted by molar-refractivity contribution is -0.129. The molecule has 0 aromatic carbocycles. The van der Waals surface area contributed by atoms with Crippen LogP contribution in [0.2, 0.25) is 5.02 Å². The summed E-state index contributed by atoms with van der Waals surface area (Å²) >= 11 is 5.93. The van der Waals surface area contributed by atoms with Gasteiger partial charge in [0.25, 0.3) is 5.91 Å². The minimum Gasteiger partial charge on any atom is -0.347 e. The van der Waals surface area contributed by atoms with Gasteiger partial charge in [0.1, 0.15) is 5.92 Å². The maximum Gasteiger partial charge on any atom is 0.259 e. The third-order valence-electron chi connectivity index (χ3n) is 3.56. The Morgan fingerprint density at radius 2 is 1.95 bits per heavy atom. The third kappa shape index (κ3) is 2.31. The number of rotatable bonds is 3. The molecule has 22 heavy (non-hydrogen) atoms. The Labute approximate surface area is 132 Å². The molecule has 0 N–H and O–H groups in total. The maximum atomic E-state index is 12.8. The molecule has 0 saturated carbocycles. The molecule has 0 unspecified atom stereocenters. The largest absolute Gasteiger partial charge is 0.347 e. The van der Waals surface area contributed by atoms with Crippen molar-refractivity contribution < 1.29 is 9.59 Å². The van der Waals surface area contributed by atoms with E-state index in [2.05, 4.69) is 10.1 Å². The van der Waals surface area contributed by atoms with Crippen molar-refractivity contribution in [2.75, 3.05) is 7.05 Å². The summed E-state index contributed by atoms with van der Waals surface area (Å²) in [6.07, 6.45) is 4.82. The fourth-order valence-corrected chi connectivity index (χ4v) is 2.72. The van der Waals surface area contributed by atoms with Gasteiger partial charge >= 0.3 is 0 Å². The highest BCUT2D eigenvalue weighted by molar-refractivity contribution is 6.33. The molecule has 1 amide bonds. The average Bonchev–Trinajstić information content (AvgIpc) is 2.99. The number of nitrogens with zero attached hydrogens (tertiary/aromatic N) is 4. The maximum absolute atomic E-state index is 12.8. The molecule has 2 aromatic heterocycles. The molecule has 1 atom stereocenters. The fourth-order valence-electron chi connectivity index (χ4n) is 2.47. The summed E-state index contributed by atoms with van der Waals surface area (Å²) in [5, 5.41) is 5.86. The van der Waals surface area contributed by atoms with E-state index in [1.54, 1.807) is 48.4 Å². The van der Waals surface area contributed by atoms with E-state index in [0.717, 1.165) is 0 Å². The first-order chi connectivity index (χ1) is 10.5. The Hall–Kier alpha value is -2.47. The summed E-state index contributed by atoms with van der Waals surface area (Å²) in [4.78, 5) is 29.1. The number of carbonyl (C=O) groups excluding carboxylic acids is 2. The molecule has 2 aromatic rings. The number of aromatic nitrogens is 2. The van der Waals surface area contributed by atoms with Crippen LogP contribution in [0.25, 0.3) is 0 Å². The van der Waals surface area contributed by atoms with Crippen molar-refractivity contribution in [3.8, 4) is 0 Å². The van der Waals surface area contributed by atoms with E-state index in [4.69, 9.17) is 11.6 Å². The van der Waals surface area contributed by atoms with Crippen LogP contribution >= 0.6 is 11.6 Å². The number of pyridine rings is 1. The van der Waals surface area contributed by atoms with Crippen molar-refractivity contribution in [1.29, 1.82) is 0 Å². The molecule has 0 bridgehead atoms. The number of halogens is 1. The molecular weight excluding hydrogens is 304 g/mol. The second-order valence-corrected chi connectivity index (χ2v) is 5.47. The van der Waals surface area contributed by atoms with E-state index in [1.165, 1.54) is 12.1 Å². The zero-order valence-corrected chi connectivity index (χ0v) is 12.8. The molecular formula is C15H13ClN4O2. The topological polar surface area (TPSA) is 67.6 Å². The van der Waals surface area contributed by atoms with Gasteiger partial charge in [-0.05, 0) is 18.2 Å². The standard InChI is InChI=1S/C15H13ClN4O2/c1-19-8-10(16)7-11(19)14(21)12-13(18-20(2)15(12)22)9-3-5-17-6-4-9/h3-8,12H,1-2H3/t12-/m1/s1. The van der Waals surface area contributed by atoms with E-state index in [0.29, 0.717) is 22.0 Å². The van der Waals surface area contributed by atoms with Gasteiger partial charge in [0, 0.05) is 38.2 Å². The molecule has 1 aliphatic rings. The molecule has 3 heterocycles. The molecule has 3 rings (SSSR count). The lowest BCUT2D eigenvalue weighted by atomic mass is 9.92. The van der Waals surface area contributed by atoms with Crippen LogP contribution in [0.3, 0.4) is 0 Å². The molecule has 0 spiro atoms. The van der Waals surface area contributed by atoms with Crippen LogP contribution in [0.1, 0.15) is 16.1 Å². The molecule has 112 valence electrons. The van der Waals surface area contributed by atoms with Crippen LogP contribution in [0, 0.1) is 5.92 Å². The Bertz CT molecular complexity index is 782. The average molecular weight is 317 g/mol. The second-order valence-electron chi connectivity index (χ2n) is 5.03. The minimum atomic E-state index is -0.961. The van der Waals surface area contributed by atoms with Crippen molar-refractivity contribution in [2.45, 2.75) is 0 Å². The Balaban J connectivity index is 2.04. The van der Waals surface area contributed by atoms with Gasteiger partial charge in [-0.1, -0.05) is 11.6 Å². The predicted octanol–water partition coefficient (Wildman–Crippen LogP) is 1.75. The smallest absolute Gasteiger partial charge is 0.259 e. The zero-order valence-electron chi connectivity index (χ0n) is 12.0. The first-order valence-electron chi connectivity index (χ1n) is 6.61. The summed E-state index contributed by atoms with van der Waals surface area (Å²) < 4.78 is 1.61. The van der Waals surface area contributed by atoms with E-state index < -0.39 is 5.92 Å². The summed E-state index contributed by atoms with van der Waals surface area (Å²) in [5.74, 6) is -1.63. The van der Waals surface area contributed by atoms with Crippen molar-refractivity contribution >= 4 is 29.0 Å². The quantitative estimate of drug-likeness (QED) is 0.640. The normalized spacial score (nSPS) is 17.8. The number of carbonyl (C=O) groups is 2. The summed E-state index contributed by atoms with van der Waals surface area (Å²) in [7, 11) is 3.25. The van der Waals surface area contributed by atoms with Gasteiger partial charge in [0.15, 0.2) is 5.78 Å². The van der Waals surface area contributed by atoms with E-state index >= 15 is 0 Å².